The molecule has 3 aromatic rings. The summed E-state index contributed by atoms with van der Waals surface area (Å²) in [5.74, 6) is 0.474. The Morgan fingerprint density at radius 2 is 1.59 bits per heavy atom. The van der Waals surface area contributed by atoms with Crippen molar-refractivity contribution in [3.63, 3.8) is 0 Å². The molecule has 0 saturated heterocycles. The van der Waals surface area contributed by atoms with Crippen molar-refractivity contribution in [3.8, 4) is 5.75 Å². The Labute approximate surface area is 189 Å². The fourth-order valence-electron chi connectivity index (χ4n) is 3.61. The standard InChI is InChI=1S/C23H27NO6S2/c1-5-31(25,26)30-21-9-6-8-20(14-21)15-24(16-22-10-7-11-29-22)32(27,28)23-18(3)12-17(2)13-19(23)4/h6-14H,5,15-16H2,1-4H3. The van der Waals surface area contributed by atoms with Crippen LogP contribution in [0.1, 0.15) is 34.9 Å². The monoisotopic (exact) mass is 477 g/mol. The number of sulfonamides is 1. The molecule has 0 aliphatic heterocycles. The molecule has 0 radical (unpaired) electrons. The van der Waals surface area contributed by atoms with Crippen molar-refractivity contribution >= 4 is 20.1 Å². The Morgan fingerprint density at radius 1 is 0.906 bits per heavy atom. The summed E-state index contributed by atoms with van der Waals surface area (Å²) in [6.07, 6.45) is 1.49. The molecule has 0 spiro atoms. The van der Waals surface area contributed by atoms with E-state index >= 15 is 0 Å². The Kier molecular flexibility index (Phi) is 7.12. The number of aryl methyl sites for hydroxylation is 3. The zero-order chi connectivity index (χ0) is 23.5. The van der Waals surface area contributed by atoms with E-state index in [9.17, 15) is 16.8 Å². The molecule has 0 amide bonds. The lowest BCUT2D eigenvalue weighted by Gasteiger charge is -2.24. The molecule has 1 heterocycles. The largest absolute Gasteiger partial charge is 0.468 e. The highest BCUT2D eigenvalue weighted by atomic mass is 32.2. The van der Waals surface area contributed by atoms with Gasteiger partial charge in [-0.15, -0.1) is 0 Å². The molecule has 0 atom stereocenters. The minimum absolute atomic E-state index is 0.0131. The van der Waals surface area contributed by atoms with Crippen LogP contribution in [0.15, 0.2) is 64.1 Å². The van der Waals surface area contributed by atoms with Crippen molar-refractivity contribution in [2.75, 3.05) is 5.75 Å². The van der Waals surface area contributed by atoms with Crippen LogP contribution >= 0.6 is 0 Å². The summed E-state index contributed by atoms with van der Waals surface area (Å²) in [5, 5.41) is 0. The normalized spacial score (nSPS) is 12.3. The van der Waals surface area contributed by atoms with Crippen molar-refractivity contribution in [3.05, 3.63) is 82.8 Å². The van der Waals surface area contributed by atoms with Gasteiger partial charge in [0, 0.05) is 6.54 Å². The summed E-state index contributed by atoms with van der Waals surface area (Å²) in [6.45, 7) is 7.01. The van der Waals surface area contributed by atoms with Crippen LogP contribution in [0.2, 0.25) is 0 Å². The molecule has 0 unspecified atom stereocenters. The lowest BCUT2D eigenvalue weighted by atomic mass is 10.1. The molecule has 0 aliphatic rings. The first-order valence-corrected chi connectivity index (χ1v) is 13.1. The van der Waals surface area contributed by atoms with Gasteiger partial charge in [0.05, 0.1) is 23.5 Å². The van der Waals surface area contributed by atoms with Crippen molar-refractivity contribution < 1.29 is 25.4 Å². The molecule has 0 saturated carbocycles. The Morgan fingerprint density at radius 3 is 2.19 bits per heavy atom. The van der Waals surface area contributed by atoms with Crippen LogP contribution in [0.5, 0.6) is 5.75 Å². The SMILES string of the molecule is CCS(=O)(=O)Oc1cccc(CN(Cc2ccco2)S(=O)(=O)c2c(C)cc(C)cc2C)c1. The van der Waals surface area contributed by atoms with E-state index in [-0.39, 0.29) is 29.5 Å². The average Bonchev–Trinajstić information content (AvgIpc) is 3.19. The zero-order valence-corrected chi connectivity index (χ0v) is 20.2. The van der Waals surface area contributed by atoms with Gasteiger partial charge in [0.25, 0.3) is 0 Å². The van der Waals surface area contributed by atoms with Gasteiger partial charge in [-0.2, -0.15) is 12.7 Å². The number of furan rings is 1. The predicted octanol–water partition coefficient (Wildman–Crippen LogP) is 4.32. The summed E-state index contributed by atoms with van der Waals surface area (Å²) >= 11 is 0. The van der Waals surface area contributed by atoms with Crippen LogP contribution in [0.4, 0.5) is 0 Å². The van der Waals surface area contributed by atoms with Gasteiger partial charge in [0.15, 0.2) is 0 Å². The summed E-state index contributed by atoms with van der Waals surface area (Å²) < 4.78 is 62.9. The third-order valence-electron chi connectivity index (χ3n) is 4.95. The topological polar surface area (TPSA) is 93.9 Å². The minimum atomic E-state index is -3.89. The van der Waals surface area contributed by atoms with Gasteiger partial charge in [-0.25, -0.2) is 8.42 Å². The molecule has 2 aromatic carbocycles. The van der Waals surface area contributed by atoms with Gasteiger partial charge in [-0.1, -0.05) is 29.8 Å². The molecular weight excluding hydrogens is 450 g/mol. The molecule has 32 heavy (non-hydrogen) atoms. The fourth-order valence-corrected chi connectivity index (χ4v) is 5.93. The fraction of sp³-hybridized carbons (Fsp3) is 0.304. The zero-order valence-electron chi connectivity index (χ0n) is 18.5. The van der Waals surface area contributed by atoms with E-state index in [1.54, 1.807) is 38.1 Å². The highest BCUT2D eigenvalue weighted by Crippen LogP contribution is 2.28. The van der Waals surface area contributed by atoms with E-state index in [0.29, 0.717) is 22.5 Å². The maximum Gasteiger partial charge on any atom is 0.308 e. The lowest BCUT2D eigenvalue weighted by molar-refractivity contribution is 0.358. The van der Waals surface area contributed by atoms with E-state index in [2.05, 4.69) is 0 Å². The van der Waals surface area contributed by atoms with Crippen molar-refractivity contribution in [2.45, 2.75) is 45.7 Å². The average molecular weight is 478 g/mol. The first-order chi connectivity index (χ1) is 15.0. The van der Waals surface area contributed by atoms with Gasteiger partial charge in [-0.05, 0) is 68.7 Å². The number of hydrogen-bond acceptors (Lipinski definition) is 6. The van der Waals surface area contributed by atoms with Gasteiger partial charge >= 0.3 is 10.1 Å². The Bertz CT molecular complexity index is 1270. The number of rotatable bonds is 9. The Hall–Kier alpha value is -2.62. The quantitative estimate of drug-likeness (QED) is 0.426. The van der Waals surface area contributed by atoms with Crippen molar-refractivity contribution in [2.24, 2.45) is 0 Å². The number of benzene rings is 2. The first kappa shape index (κ1) is 24.0. The van der Waals surface area contributed by atoms with E-state index in [0.717, 1.165) is 5.56 Å². The van der Waals surface area contributed by atoms with Gasteiger partial charge in [0.2, 0.25) is 10.0 Å². The maximum absolute atomic E-state index is 13.7. The highest BCUT2D eigenvalue weighted by molar-refractivity contribution is 7.89. The second kappa shape index (κ2) is 9.48. The smallest absolute Gasteiger partial charge is 0.308 e. The molecule has 0 fully saturated rings. The van der Waals surface area contributed by atoms with Crippen LogP contribution in [0.3, 0.4) is 0 Å². The van der Waals surface area contributed by atoms with Crippen LogP contribution in [0.25, 0.3) is 0 Å². The molecule has 0 N–H and O–H groups in total. The second-order valence-electron chi connectivity index (χ2n) is 7.66. The third-order valence-corrected chi connectivity index (χ3v) is 8.20. The highest BCUT2D eigenvalue weighted by Gasteiger charge is 2.29. The van der Waals surface area contributed by atoms with E-state index in [1.165, 1.54) is 29.6 Å². The predicted molar refractivity (Wildman–Crippen MR) is 122 cm³/mol. The molecule has 0 aliphatic carbocycles. The van der Waals surface area contributed by atoms with E-state index < -0.39 is 20.1 Å². The maximum atomic E-state index is 13.7. The minimum Gasteiger partial charge on any atom is -0.468 e. The molecule has 0 bridgehead atoms. The van der Waals surface area contributed by atoms with Crippen LogP contribution in [-0.4, -0.2) is 26.9 Å². The summed E-state index contributed by atoms with van der Waals surface area (Å²) in [6, 6.07) is 13.5. The Balaban J connectivity index is 2.01. The van der Waals surface area contributed by atoms with E-state index in [4.69, 9.17) is 8.60 Å². The van der Waals surface area contributed by atoms with Crippen LogP contribution in [0, 0.1) is 20.8 Å². The molecular formula is C23H27NO6S2. The second-order valence-corrected chi connectivity index (χ2v) is 11.4. The molecule has 7 nitrogen and oxygen atoms in total. The van der Waals surface area contributed by atoms with Gasteiger partial charge in [0.1, 0.15) is 11.5 Å². The molecule has 9 heteroatoms. The third kappa shape index (κ3) is 5.59. The van der Waals surface area contributed by atoms with Gasteiger partial charge in [-0.3, -0.25) is 0 Å². The summed E-state index contributed by atoms with van der Waals surface area (Å²) in [4.78, 5) is 0.260. The first-order valence-electron chi connectivity index (χ1n) is 10.1. The van der Waals surface area contributed by atoms with Crippen LogP contribution < -0.4 is 4.18 Å². The molecule has 172 valence electrons. The van der Waals surface area contributed by atoms with Gasteiger partial charge < -0.3 is 8.60 Å². The van der Waals surface area contributed by atoms with E-state index in [1.807, 2.05) is 19.1 Å². The number of hydrogen-bond donors (Lipinski definition) is 0. The summed E-state index contributed by atoms with van der Waals surface area (Å²) in [7, 11) is -7.58. The summed E-state index contributed by atoms with van der Waals surface area (Å²) in [5.41, 5.74) is 2.90. The molecule has 3 rings (SSSR count). The number of nitrogens with zero attached hydrogens (tertiary/aromatic N) is 1. The van der Waals surface area contributed by atoms with Crippen LogP contribution in [-0.2, 0) is 33.2 Å². The molecule has 1 aromatic heterocycles. The van der Waals surface area contributed by atoms with Crippen molar-refractivity contribution in [1.29, 1.82) is 0 Å². The van der Waals surface area contributed by atoms with Crippen molar-refractivity contribution in [1.82, 2.24) is 4.31 Å². The lowest BCUT2D eigenvalue weighted by Crippen LogP contribution is -2.31.